The molecule has 0 rings (SSSR count). The van der Waals surface area contributed by atoms with Crippen LogP contribution in [0.2, 0.25) is 0 Å². The van der Waals surface area contributed by atoms with Gasteiger partial charge in [0.25, 0.3) is 0 Å². The molecule has 4 heteroatoms. The lowest BCUT2D eigenvalue weighted by Gasteiger charge is -2.16. The number of esters is 1. The molecule has 322 valence electrons. The summed E-state index contributed by atoms with van der Waals surface area (Å²) < 4.78 is 11.2. The summed E-state index contributed by atoms with van der Waals surface area (Å²) in [6.07, 6.45) is 63.4. The summed E-state index contributed by atoms with van der Waals surface area (Å²) in [5.74, 6) is -0.197. The number of carbonyl (C=O) groups is 1. The van der Waals surface area contributed by atoms with E-state index in [1.165, 1.54) is 180 Å². The summed E-state index contributed by atoms with van der Waals surface area (Å²) >= 11 is 0. The molecule has 1 atom stereocenters. The predicted octanol–water partition coefficient (Wildman–Crippen LogP) is 16.2. The summed E-state index contributed by atoms with van der Waals surface area (Å²) in [4.78, 5) is 12.2. The largest absolute Gasteiger partial charge is 0.457 e. The number of hydrogen-bond donors (Lipinski definition) is 1. The van der Waals surface area contributed by atoms with Gasteiger partial charge in [-0.2, -0.15) is 0 Å². The van der Waals surface area contributed by atoms with Crippen LogP contribution >= 0.6 is 0 Å². The fourth-order valence-electron chi connectivity index (χ4n) is 7.09. The molecule has 0 aliphatic carbocycles. The Morgan fingerprint density at radius 1 is 0.455 bits per heavy atom. The fraction of sp³-hybridized carbons (Fsp3) is 0.824. The van der Waals surface area contributed by atoms with Gasteiger partial charge in [0, 0.05) is 13.0 Å². The van der Waals surface area contributed by atoms with Crippen molar-refractivity contribution in [3.8, 4) is 0 Å². The van der Waals surface area contributed by atoms with Gasteiger partial charge in [-0.15, -0.1) is 0 Å². The Bertz CT molecular complexity index is 859. The normalized spacial score (nSPS) is 12.7. The second kappa shape index (κ2) is 48.5. The molecule has 1 N–H and O–H groups in total. The van der Waals surface area contributed by atoms with Crippen molar-refractivity contribution < 1.29 is 19.4 Å². The van der Waals surface area contributed by atoms with Crippen molar-refractivity contribution >= 4 is 5.97 Å². The molecule has 0 aromatic carbocycles. The van der Waals surface area contributed by atoms with E-state index < -0.39 is 6.10 Å². The zero-order valence-electron chi connectivity index (χ0n) is 36.9. The van der Waals surface area contributed by atoms with Gasteiger partial charge in [0.2, 0.25) is 0 Å². The number of ether oxygens (including phenoxy) is 2. The van der Waals surface area contributed by atoms with Crippen LogP contribution < -0.4 is 0 Å². The number of carbonyl (C=O) groups excluding carboxylic acids is 1. The quantitative estimate of drug-likeness (QED) is 0.0381. The summed E-state index contributed by atoms with van der Waals surface area (Å²) in [7, 11) is 0. The Kier molecular flexibility index (Phi) is 47.0. The van der Waals surface area contributed by atoms with Crippen LogP contribution in [0.3, 0.4) is 0 Å². The highest BCUT2D eigenvalue weighted by Crippen LogP contribution is 2.16. The van der Waals surface area contributed by atoms with E-state index in [1.807, 2.05) is 0 Å². The number of rotatable bonds is 45. The van der Waals surface area contributed by atoms with Gasteiger partial charge in [-0.05, 0) is 51.4 Å². The van der Waals surface area contributed by atoms with Crippen molar-refractivity contribution in [1.29, 1.82) is 0 Å². The van der Waals surface area contributed by atoms with Crippen LogP contribution in [0.25, 0.3) is 0 Å². The van der Waals surface area contributed by atoms with Crippen LogP contribution in [0.4, 0.5) is 0 Å². The summed E-state index contributed by atoms with van der Waals surface area (Å²) in [6.45, 7) is 5.26. The molecule has 0 saturated heterocycles. The Balaban J connectivity index is 3.39. The molecule has 0 aromatic rings. The molecule has 0 fully saturated rings. The maximum Gasteiger partial charge on any atom is 0.306 e. The third-order valence-corrected chi connectivity index (χ3v) is 10.7. The van der Waals surface area contributed by atoms with Crippen LogP contribution in [0.15, 0.2) is 48.6 Å². The van der Waals surface area contributed by atoms with Crippen LogP contribution in [0.1, 0.15) is 245 Å². The van der Waals surface area contributed by atoms with Crippen molar-refractivity contribution in [2.24, 2.45) is 0 Å². The van der Waals surface area contributed by atoms with Crippen molar-refractivity contribution in [3.63, 3.8) is 0 Å². The molecule has 0 saturated carbocycles. The Morgan fingerprint density at radius 2 is 0.818 bits per heavy atom. The zero-order chi connectivity index (χ0) is 39.8. The molecule has 1 unspecified atom stereocenters. The first kappa shape index (κ1) is 53.4. The lowest BCUT2D eigenvalue weighted by atomic mass is 10.0. The van der Waals surface area contributed by atoms with E-state index in [0.29, 0.717) is 19.6 Å². The molecule has 55 heavy (non-hydrogen) atoms. The molecule has 0 radical (unpaired) electrons. The van der Waals surface area contributed by atoms with E-state index in [1.54, 1.807) is 0 Å². The number of allylic oxidation sites excluding steroid dienone is 8. The van der Waals surface area contributed by atoms with Crippen molar-refractivity contribution in [1.82, 2.24) is 0 Å². The maximum absolute atomic E-state index is 12.2. The third-order valence-electron chi connectivity index (χ3n) is 10.7. The summed E-state index contributed by atoms with van der Waals surface area (Å²) in [5, 5.41) is 9.63. The van der Waals surface area contributed by atoms with Crippen molar-refractivity contribution in [3.05, 3.63) is 48.6 Å². The van der Waals surface area contributed by atoms with Crippen LogP contribution in [0.5, 0.6) is 0 Å². The smallest absolute Gasteiger partial charge is 0.306 e. The maximum atomic E-state index is 12.2. The second-order valence-electron chi connectivity index (χ2n) is 16.2. The molecule has 0 aliphatic rings. The van der Waals surface area contributed by atoms with Gasteiger partial charge in [-0.3, -0.25) is 4.79 Å². The SMILES string of the molecule is CC/C=C\C/C=C\C/C=C\C/C=C\CCCCCCCCCCCCCCCOCC(CO)OC(=O)CCCCCCCCCCCCCCCCCCC. The molecule has 0 aromatic heterocycles. The average Bonchev–Trinajstić information content (AvgIpc) is 3.19. The molecule has 0 bridgehead atoms. The molecule has 0 aliphatic heterocycles. The molecular formula is C51H94O4. The lowest BCUT2D eigenvalue weighted by molar-refractivity contribution is -0.154. The minimum Gasteiger partial charge on any atom is -0.457 e. The first-order valence-corrected chi connectivity index (χ1v) is 24.2. The fourth-order valence-corrected chi connectivity index (χ4v) is 7.09. The lowest BCUT2D eigenvalue weighted by Crippen LogP contribution is -2.27. The van der Waals surface area contributed by atoms with Crippen LogP contribution in [-0.2, 0) is 14.3 Å². The van der Waals surface area contributed by atoms with Gasteiger partial charge < -0.3 is 14.6 Å². The van der Waals surface area contributed by atoms with Crippen LogP contribution in [0, 0.1) is 0 Å². The molecule has 0 amide bonds. The zero-order valence-corrected chi connectivity index (χ0v) is 36.9. The van der Waals surface area contributed by atoms with Gasteiger partial charge >= 0.3 is 5.97 Å². The van der Waals surface area contributed by atoms with Gasteiger partial charge in [0.05, 0.1) is 13.2 Å². The monoisotopic (exact) mass is 771 g/mol. The third kappa shape index (κ3) is 46.6. The van der Waals surface area contributed by atoms with E-state index in [2.05, 4.69) is 62.5 Å². The van der Waals surface area contributed by atoms with E-state index in [-0.39, 0.29) is 12.6 Å². The van der Waals surface area contributed by atoms with Gasteiger partial charge in [0.1, 0.15) is 6.10 Å². The highest BCUT2D eigenvalue weighted by Gasteiger charge is 2.13. The van der Waals surface area contributed by atoms with E-state index in [0.717, 1.165) is 44.9 Å². The number of aliphatic hydroxyl groups excluding tert-OH is 1. The Hall–Kier alpha value is -1.65. The summed E-state index contributed by atoms with van der Waals surface area (Å²) in [6, 6.07) is 0. The first-order valence-electron chi connectivity index (χ1n) is 24.2. The topological polar surface area (TPSA) is 55.8 Å². The number of aliphatic hydroxyl groups is 1. The first-order chi connectivity index (χ1) is 27.2. The van der Waals surface area contributed by atoms with E-state index in [9.17, 15) is 9.90 Å². The van der Waals surface area contributed by atoms with Crippen molar-refractivity contribution in [2.45, 2.75) is 251 Å². The van der Waals surface area contributed by atoms with Crippen molar-refractivity contribution in [2.75, 3.05) is 19.8 Å². The molecular weight excluding hydrogens is 677 g/mol. The predicted molar refractivity (Wildman–Crippen MR) is 242 cm³/mol. The van der Waals surface area contributed by atoms with E-state index >= 15 is 0 Å². The highest BCUT2D eigenvalue weighted by molar-refractivity contribution is 5.69. The van der Waals surface area contributed by atoms with Gasteiger partial charge in [-0.25, -0.2) is 0 Å². The Labute approximate surface area is 343 Å². The second-order valence-corrected chi connectivity index (χ2v) is 16.2. The minimum atomic E-state index is -0.533. The Morgan fingerprint density at radius 3 is 1.24 bits per heavy atom. The molecule has 4 nitrogen and oxygen atoms in total. The number of unbranched alkanes of at least 4 members (excludes halogenated alkanes) is 29. The van der Waals surface area contributed by atoms with E-state index in [4.69, 9.17) is 9.47 Å². The van der Waals surface area contributed by atoms with Crippen LogP contribution in [-0.4, -0.2) is 37.0 Å². The minimum absolute atomic E-state index is 0.169. The van der Waals surface area contributed by atoms with Gasteiger partial charge in [0.15, 0.2) is 0 Å². The highest BCUT2D eigenvalue weighted by atomic mass is 16.6. The number of hydrogen-bond acceptors (Lipinski definition) is 4. The van der Waals surface area contributed by atoms with Gasteiger partial charge in [-0.1, -0.05) is 236 Å². The molecule has 0 heterocycles. The summed E-state index contributed by atoms with van der Waals surface area (Å²) in [5.41, 5.74) is 0. The average molecular weight is 771 g/mol. The standard InChI is InChI=1S/C51H94O4/c1-3-5-7-9-11-13-15-17-19-21-22-23-24-25-26-27-28-29-31-33-35-37-39-41-43-45-47-54-49-50(48-52)55-51(53)46-44-42-40-38-36-34-32-30-20-18-16-14-12-10-8-6-4-2/h5,7,11,13,17,19,22-23,50,52H,3-4,6,8-10,12,14-16,18,20-21,24-49H2,1-2H3/b7-5-,13-11-,19-17-,23-22-. The molecule has 0 spiro atoms.